The number of ketones is 1. The average Bonchev–Trinajstić information content (AvgIpc) is 2.68. The Hall–Kier alpha value is -3.22. The Morgan fingerprint density at radius 3 is 2.31 bits per heavy atom. The number of anilines is 1. The average molecular weight is 353 g/mol. The summed E-state index contributed by atoms with van der Waals surface area (Å²) >= 11 is 0. The molecule has 0 aliphatic carbocycles. The first-order valence-electron chi connectivity index (χ1n) is 8.40. The summed E-state index contributed by atoms with van der Waals surface area (Å²) in [6.45, 7) is 0.889. The van der Waals surface area contributed by atoms with Crippen molar-refractivity contribution in [2.45, 2.75) is 12.8 Å². The van der Waals surface area contributed by atoms with Gasteiger partial charge in [-0.2, -0.15) is 0 Å². The van der Waals surface area contributed by atoms with Crippen LogP contribution in [0.3, 0.4) is 0 Å². The van der Waals surface area contributed by atoms with Crippen molar-refractivity contribution in [3.63, 3.8) is 0 Å². The molecule has 1 saturated heterocycles. The number of nitrogens with zero attached hydrogens (tertiary/aromatic N) is 2. The molecule has 1 amide bonds. The summed E-state index contributed by atoms with van der Waals surface area (Å²) in [6.07, 6.45) is 1.16. The van der Waals surface area contributed by atoms with Gasteiger partial charge in [0.05, 0.1) is 4.92 Å². The van der Waals surface area contributed by atoms with Gasteiger partial charge in [-0.15, -0.1) is 0 Å². The number of benzene rings is 2. The summed E-state index contributed by atoms with van der Waals surface area (Å²) in [5, 5.41) is 11.0. The predicted molar refractivity (Wildman–Crippen MR) is 96.9 cm³/mol. The summed E-state index contributed by atoms with van der Waals surface area (Å²) in [4.78, 5) is 37.1. The van der Waals surface area contributed by atoms with Gasteiger partial charge in [0.25, 0.3) is 11.6 Å². The molecule has 1 fully saturated rings. The highest BCUT2D eigenvalue weighted by Crippen LogP contribution is 2.26. The Morgan fingerprint density at radius 1 is 1.04 bits per heavy atom. The zero-order valence-corrected chi connectivity index (χ0v) is 14.1. The van der Waals surface area contributed by atoms with Crippen molar-refractivity contribution in [3.8, 4) is 0 Å². The minimum atomic E-state index is -0.600. The summed E-state index contributed by atoms with van der Waals surface area (Å²) in [7, 11) is 0. The van der Waals surface area contributed by atoms with E-state index >= 15 is 0 Å². The quantitative estimate of drug-likeness (QED) is 0.394. The summed E-state index contributed by atoms with van der Waals surface area (Å²) in [5.74, 6) is -0.290. The van der Waals surface area contributed by atoms with Gasteiger partial charge in [-0.1, -0.05) is 30.3 Å². The molecule has 2 N–H and O–H groups in total. The highest BCUT2D eigenvalue weighted by atomic mass is 16.6. The molecule has 0 aromatic heterocycles. The third-order valence-corrected chi connectivity index (χ3v) is 4.69. The van der Waals surface area contributed by atoms with E-state index in [9.17, 15) is 19.7 Å². The molecule has 2 aromatic carbocycles. The maximum atomic E-state index is 12.6. The second kappa shape index (κ2) is 7.35. The van der Waals surface area contributed by atoms with Gasteiger partial charge in [-0.05, 0) is 25.0 Å². The predicted octanol–water partition coefficient (Wildman–Crippen LogP) is 2.91. The number of piperidine rings is 1. The van der Waals surface area contributed by atoms with Crippen molar-refractivity contribution in [2.75, 3.05) is 18.8 Å². The van der Waals surface area contributed by atoms with Crippen LogP contribution in [0.5, 0.6) is 0 Å². The number of hydrogen-bond donors (Lipinski definition) is 1. The van der Waals surface area contributed by atoms with E-state index in [1.54, 1.807) is 17.0 Å². The van der Waals surface area contributed by atoms with Crippen LogP contribution in [0.1, 0.15) is 33.6 Å². The molecule has 26 heavy (non-hydrogen) atoms. The van der Waals surface area contributed by atoms with E-state index in [0.29, 0.717) is 31.5 Å². The van der Waals surface area contributed by atoms with Gasteiger partial charge >= 0.3 is 0 Å². The van der Waals surface area contributed by atoms with E-state index in [2.05, 4.69) is 0 Å². The normalized spacial score (nSPS) is 14.8. The molecule has 0 atom stereocenters. The lowest BCUT2D eigenvalue weighted by atomic mass is 9.88. The van der Waals surface area contributed by atoms with Crippen LogP contribution in [-0.2, 0) is 0 Å². The first kappa shape index (κ1) is 17.6. The number of amides is 1. The Morgan fingerprint density at radius 2 is 1.69 bits per heavy atom. The first-order chi connectivity index (χ1) is 12.5. The third kappa shape index (κ3) is 3.56. The molecule has 134 valence electrons. The van der Waals surface area contributed by atoms with E-state index in [-0.39, 0.29) is 34.5 Å². The van der Waals surface area contributed by atoms with Crippen molar-refractivity contribution in [1.82, 2.24) is 4.90 Å². The fourth-order valence-electron chi connectivity index (χ4n) is 3.20. The van der Waals surface area contributed by atoms with E-state index in [1.807, 2.05) is 18.2 Å². The van der Waals surface area contributed by atoms with Crippen molar-refractivity contribution in [3.05, 3.63) is 69.8 Å². The highest BCUT2D eigenvalue weighted by Gasteiger charge is 2.29. The summed E-state index contributed by atoms with van der Waals surface area (Å²) in [6, 6.07) is 13.2. The number of Topliss-reactive ketones (excluding diaryl/α,β-unsaturated/α-hetero) is 1. The molecule has 1 heterocycles. The Labute approximate surface area is 150 Å². The van der Waals surface area contributed by atoms with Crippen LogP contribution in [0.25, 0.3) is 0 Å². The molecule has 0 saturated carbocycles. The fourth-order valence-corrected chi connectivity index (χ4v) is 3.20. The number of carbonyl (C=O) groups excluding carboxylic acids is 2. The second-order valence-corrected chi connectivity index (χ2v) is 6.33. The number of nitro benzene ring substituents is 1. The van der Waals surface area contributed by atoms with E-state index in [4.69, 9.17) is 5.73 Å². The molecule has 1 aliphatic rings. The van der Waals surface area contributed by atoms with Gasteiger partial charge in [0.1, 0.15) is 5.69 Å². The van der Waals surface area contributed by atoms with Crippen LogP contribution in [0, 0.1) is 16.0 Å². The fraction of sp³-hybridized carbons (Fsp3) is 0.263. The van der Waals surface area contributed by atoms with Gasteiger partial charge in [0.15, 0.2) is 5.78 Å². The molecule has 0 spiro atoms. The zero-order valence-electron chi connectivity index (χ0n) is 14.1. The Kier molecular flexibility index (Phi) is 4.97. The highest BCUT2D eigenvalue weighted by molar-refractivity contribution is 5.98. The molecule has 0 unspecified atom stereocenters. The van der Waals surface area contributed by atoms with Crippen molar-refractivity contribution in [2.24, 2.45) is 5.92 Å². The number of hydrogen-bond acceptors (Lipinski definition) is 5. The largest absolute Gasteiger partial charge is 0.393 e. The zero-order chi connectivity index (χ0) is 18.7. The van der Waals surface area contributed by atoms with Gasteiger partial charge in [-0.25, -0.2) is 0 Å². The molecular weight excluding hydrogens is 334 g/mol. The minimum absolute atomic E-state index is 0.0266. The maximum Gasteiger partial charge on any atom is 0.292 e. The van der Waals surface area contributed by atoms with Crippen molar-refractivity contribution >= 4 is 23.1 Å². The van der Waals surface area contributed by atoms with Crippen LogP contribution >= 0.6 is 0 Å². The monoisotopic (exact) mass is 353 g/mol. The summed E-state index contributed by atoms with van der Waals surface area (Å²) in [5.41, 5.74) is 6.25. The number of nitrogen functional groups attached to an aromatic ring is 1. The molecule has 1 aliphatic heterocycles. The van der Waals surface area contributed by atoms with Gasteiger partial charge < -0.3 is 10.6 Å². The van der Waals surface area contributed by atoms with Crippen LogP contribution in [0.15, 0.2) is 48.5 Å². The van der Waals surface area contributed by atoms with Crippen LogP contribution < -0.4 is 5.73 Å². The number of nitrogens with two attached hydrogens (primary N) is 1. The Bertz CT molecular complexity index is 843. The smallest absolute Gasteiger partial charge is 0.292 e. The molecular formula is C19H19N3O4. The SMILES string of the molecule is Nc1ccc(C(=O)N2CCC(C(=O)c3ccccc3)CC2)cc1[N+](=O)[O-]. The lowest BCUT2D eigenvalue weighted by molar-refractivity contribution is -0.383. The number of carbonyl (C=O) groups is 2. The van der Waals surface area contributed by atoms with Crippen molar-refractivity contribution < 1.29 is 14.5 Å². The molecule has 7 nitrogen and oxygen atoms in total. The lowest BCUT2D eigenvalue weighted by Gasteiger charge is -2.31. The minimum Gasteiger partial charge on any atom is -0.393 e. The number of likely N-dealkylation sites (tertiary alicyclic amines) is 1. The third-order valence-electron chi connectivity index (χ3n) is 4.69. The molecule has 7 heteroatoms. The topological polar surface area (TPSA) is 107 Å². The van der Waals surface area contributed by atoms with E-state index in [0.717, 1.165) is 0 Å². The first-order valence-corrected chi connectivity index (χ1v) is 8.40. The van der Waals surface area contributed by atoms with Gasteiger partial charge in [0, 0.05) is 36.2 Å². The van der Waals surface area contributed by atoms with E-state index < -0.39 is 4.92 Å². The van der Waals surface area contributed by atoms with Crippen LogP contribution in [0.4, 0.5) is 11.4 Å². The second-order valence-electron chi connectivity index (χ2n) is 6.33. The molecule has 0 bridgehead atoms. The Balaban J connectivity index is 1.66. The van der Waals surface area contributed by atoms with Crippen molar-refractivity contribution in [1.29, 1.82) is 0 Å². The van der Waals surface area contributed by atoms with Gasteiger partial charge in [-0.3, -0.25) is 19.7 Å². The molecule has 0 radical (unpaired) electrons. The van der Waals surface area contributed by atoms with Crippen LogP contribution in [-0.4, -0.2) is 34.6 Å². The number of nitro groups is 1. The number of rotatable bonds is 4. The lowest BCUT2D eigenvalue weighted by Crippen LogP contribution is -2.40. The summed E-state index contributed by atoms with van der Waals surface area (Å²) < 4.78 is 0. The maximum absolute atomic E-state index is 12.6. The van der Waals surface area contributed by atoms with E-state index in [1.165, 1.54) is 18.2 Å². The van der Waals surface area contributed by atoms with Gasteiger partial charge in [0.2, 0.25) is 0 Å². The molecule has 3 rings (SSSR count). The van der Waals surface area contributed by atoms with Crippen LogP contribution in [0.2, 0.25) is 0 Å². The molecule has 2 aromatic rings. The standard InChI is InChI=1S/C19H19N3O4/c20-16-7-6-15(12-17(16)22(25)26)19(24)21-10-8-14(9-11-21)18(23)13-4-2-1-3-5-13/h1-7,12,14H,8-11,20H2.